The van der Waals surface area contributed by atoms with Gasteiger partial charge in [0.05, 0.1) is 23.7 Å². The summed E-state index contributed by atoms with van der Waals surface area (Å²) in [6.07, 6.45) is 0. The molecule has 4 rings (SSSR count). The van der Waals surface area contributed by atoms with Crippen LogP contribution in [0.3, 0.4) is 0 Å². The molecular weight excluding hydrogens is 348 g/mol. The molecule has 0 atom stereocenters. The molecular formula is C21H17ClN2O2. The van der Waals surface area contributed by atoms with Crippen LogP contribution in [-0.2, 0) is 6.61 Å². The minimum atomic E-state index is 0.383. The molecule has 1 heterocycles. The minimum Gasteiger partial charge on any atom is -0.493 e. The lowest BCUT2D eigenvalue weighted by molar-refractivity contribution is 0.285. The zero-order valence-electron chi connectivity index (χ0n) is 14.2. The number of para-hydroxylation sites is 3. The van der Waals surface area contributed by atoms with Crippen molar-refractivity contribution in [1.29, 1.82) is 0 Å². The van der Waals surface area contributed by atoms with Crippen LogP contribution in [0.1, 0.15) is 5.56 Å². The maximum Gasteiger partial charge on any atom is 0.172 e. The number of aromatic amines is 1. The highest BCUT2D eigenvalue weighted by Gasteiger charge is 2.16. The highest BCUT2D eigenvalue weighted by molar-refractivity contribution is 6.30. The molecule has 1 aromatic heterocycles. The Morgan fingerprint density at radius 3 is 2.65 bits per heavy atom. The number of hydrogen-bond acceptors (Lipinski definition) is 3. The molecule has 0 bridgehead atoms. The number of rotatable bonds is 5. The molecule has 0 saturated carbocycles. The lowest BCUT2D eigenvalue weighted by Gasteiger charge is -2.14. The van der Waals surface area contributed by atoms with E-state index in [0.29, 0.717) is 23.1 Å². The van der Waals surface area contributed by atoms with Gasteiger partial charge in [0.25, 0.3) is 0 Å². The molecule has 0 spiro atoms. The van der Waals surface area contributed by atoms with E-state index in [1.54, 1.807) is 7.11 Å². The van der Waals surface area contributed by atoms with Crippen molar-refractivity contribution in [2.75, 3.05) is 7.11 Å². The SMILES string of the molecule is COc1cccc(-c2nc3ccccc3[nH]2)c1OCc1cccc(Cl)c1. The Labute approximate surface area is 156 Å². The summed E-state index contributed by atoms with van der Waals surface area (Å²) in [5.41, 5.74) is 3.72. The number of benzene rings is 3. The number of ether oxygens (including phenoxy) is 2. The Hall–Kier alpha value is -2.98. The van der Waals surface area contributed by atoms with Crippen molar-refractivity contribution in [2.24, 2.45) is 0 Å². The highest BCUT2D eigenvalue weighted by Crippen LogP contribution is 2.38. The molecule has 0 radical (unpaired) electrons. The van der Waals surface area contributed by atoms with Crippen molar-refractivity contribution in [3.05, 3.63) is 77.3 Å². The van der Waals surface area contributed by atoms with E-state index in [1.807, 2.05) is 66.7 Å². The van der Waals surface area contributed by atoms with Crippen molar-refractivity contribution in [3.63, 3.8) is 0 Å². The lowest BCUT2D eigenvalue weighted by Crippen LogP contribution is -2.00. The minimum absolute atomic E-state index is 0.383. The zero-order valence-corrected chi connectivity index (χ0v) is 15.0. The summed E-state index contributed by atoms with van der Waals surface area (Å²) < 4.78 is 11.6. The average Bonchev–Trinajstić information content (AvgIpc) is 3.10. The molecule has 3 aromatic carbocycles. The normalized spacial score (nSPS) is 10.8. The van der Waals surface area contributed by atoms with Crippen LogP contribution in [0, 0.1) is 0 Å². The quantitative estimate of drug-likeness (QED) is 0.510. The number of aromatic nitrogens is 2. The van der Waals surface area contributed by atoms with E-state index in [1.165, 1.54) is 0 Å². The van der Waals surface area contributed by atoms with Gasteiger partial charge in [0.2, 0.25) is 0 Å². The fraction of sp³-hybridized carbons (Fsp3) is 0.0952. The summed E-state index contributed by atoms with van der Waals surface area (Å²) in [6, 6.07) is 21.3. The van der Waals surface area contributed by atoms with Crippen LogP contribution < -0.4 is 9.47 Å². The first kappa shape index (κ1) is 16.5. The van der Waals surface area contributed by atoms with Crippen molar-refractivity contribution < 1.29 is 9.47 Å². The van der Waals surface area contributed by atoms with E-state index >= 15 is 0 Å². The van der Waals surface area contributed by atoms with Crippen molar-refractivity contribution in [3.8, 4) is 22.9 Å². The van der Waals surface area contributed by atoms with Crippen LogP contribution in [-0.4, -0.2) is 17.1 Å². The highest BCUT2D eigenvalue weighted by atomic mass is 35.5. The number of fused-ring (bicyclic) bond motifs is 1. The molecule has 0 aliphatic heterocycles. The van der Waals surface area contributed by atoms with Gasteiger partial charge in [-0.3, -0.25) is 0 Å². The maximum absolute atomic E-state index is 6.11. The van der Waals surface area contributed by atoms with E-state index in [-0.39, 0.29) is 0 Å². The molecule has 0 aliphatic carbocycles. The monoisotopic (exact) mass is 364 g/mol. The number of nitrogens with zero attached hydrogens (tertiary/aromatic N) is 1. The number of hydrogen-bond donors (Lipinski definition) is 1. The Morgan fingerprint density at radius 2 is 1.85 bits per heavy atom. The number of halogens is 1. The molecule has 0 amide bonds. The Bertz CT molecular complexity index is 1030. The van der Waals surface area contributed by atoms with Crippen LogP contribution in [0.5, 0.6) is 11.5 Å². The number of methoxy groups -OCH3 is 1. The third-order valence-electron chi connectivity index (χ3n) is 4.12. The van der Waals surface area contributed by atoms with Crippen LogP contribution in [0.25, 0.3) is 22.4 Å². The van der Waals surface area contributed by atoms with E-state index in [9.17, 15) is 0 Å². The molecule has 4 aromatic rings. The van der Waals surface area contributed by atoms with Gasteiger partial charge >= 0.3 is 0 Å². The maximum atomic E-state index is 6.11. The summed E-state index contributed by atoms with van der Waals surface area (Å²) >= 11 is 6.06. The second kappa shape index (κ2) is 7.10. The second-order valence-electron chi connectivity index (χ2n) is 5.86. The third-order valence-corrected chi connectivity index (χ3v) is 4.35. The van der Waals surface area contributed by atoms with Gasteiger partial charge < -0.3 is 14.5 Å². The van der Waals surface area contributed by atoms with Gasteiger partial charge in [-0.2, -0.15) is 0 Å². The summed E-state index contributed by atoms with van der Waals surface area (Å²) in [6.45, 7) is 0.383. The van der Waals surface area contributed by atoms with Gasteiger partial charge in [0, 0.05) is 5.02 Å². The molecule has 0 saturated heterocycles. The first-order valence-corrected chi connectivity index (χ1v) is 8.62. The zero-order chi connectivity index (χ0) is 17.9. The van der Waals surface area contributed by atoms with Gasteiger partial charge in [-0.05, 0) is 42.0 Å². The standard InChI is InChI=1S/C21H17ClN2O2/c1-25-19-11-5-8-16(21-23-17-9-2-3-10-18(17)24-21)20(19)26-13-14-6-4-7-15(22)12-14/h2-12H,13H2,1H3,(H,23,24). The van der Waals surface area contributed by atoms with Gasteiger partial charge in [-0.1, -0.05) is 41.9 Å². The number of imidazole rings is 1. The number of H-pyrrole nitrogens is 1. The van der Waals surface area contributed by atoms with Crippen LogP contribution in [0.4, 0.5) is 0 Å². The first-order valence-electron chi connectivity index (χ1n) is 8.24. The fourth-order valence-electron chi connectivity index (χ4n) is 2.87. The van der Waals surface area contributed by atoms with Crippen molar-refractivity contribution in [1.82, 2.24) is 9.97 Å². The summed E-state index contributed by atoms with van der Waals surface area (Å²) in [5, 5.41) is 0.684. The van der Waals surface area contributed by atoms with Gasteiger partial charge in [0.1, 0.15) is 12.4 Å². The number of nitrogens with one attached hydrogen (secondary N) is 1. The molecule has 4 nitrogen and oxygen atoms in total. The predicted octanol–water partition coefficient (Wildman–Crippen LogP) is 5.47. The van der Waals surface area contributed by atoms with Gasteiger partial charge in [0.15, 0.2) is 11.5 Å². The Kier molecular flexibility index (Phi) is 4.50. The van der Waals surface area contributed by atoms with Crippen LogP contribution in [0.15, 0.2) is 66.7 Å². The topological polar surface area (TPSA) is 47.1 Å². The van der Waals surface area contributed by atoms with E-state index in [2.05, 4.69) is 9.97 Å². The molecule has 130 valence electrons. The first-order chi connectivity index (χ1) is 12.7. The van der Waals surface area contributed by atoms with E-state index in [4.69, 9.17) is 21.1 Å². The summed E-state index contributed by atoms with van der Waals surface area (Å²) in [7, 11) is 1.63. The molecule has 0 unspecified atom stereocenters. The lowest BCUT2D eigenvalue weighted by atomic mass is 10.1. The largest absolute Gasteiger partial charge is 0.493 e. The van der Waals surface area contributed by atoms with Crippen molar-refractivity contribution in [2.45, 2.75) is 6.61 Å². The third kappa shape index (κ3) is 3.24. The van der Waals surface area contributed by atoms with Crippen LogP contribution >= 0.6 is 11.6 Å². The average molecular weight is 365 g/mol. The van der Waals surface area contributed by atoms with Crippen LogP contribution in [0.2, 0.25) is 5.02 Å². The van der Waals surface area contributed by atoms with Gasteiger partial charge in [-0.25, -0.2) is 4.98 Å². The second-order valence-corrected chi connectivity index (χ2v) is 6.29. The Morgan fingerprint density at radius 1 is 1.00 bits per heavy atom. The molecule has 1 N–H and O–H groups in total. The molecule has 0 aliphatic rings. The Balaban J connectivity index is 1.73. The summed E-state index contributed by atoms with van der Waals surface area (Å²) in [5.74, 6) is 2.05. The molecule has 5 heteroatoms. The van der Waals surface area contributed by atoms with E-state index in [0.717, 1.165) is 28.0 Å². The molecule has 26 heavy (non-hydrogen) atoms. The van der Waals surface area contributed by atoms with Crippen molar-refractivity contribution >= 4 is 22.6 Å². The van der Waals surface area contributed by atoms with E-state index < -0.39 is 0 Å². The molecule has 0 fully saturated rings. The van der Waals surface area contributed by atoms with Gasteiger partial charge in [-0.15, -0.1) is 0 Å². The predicted molar refractivity (Wildman–Crippen MR) is 104 cm³/mol. The summed E-state index contributed by atoms with van der Waals surface area (Å²) in [4.78, 5) is 8.02. The smallest absolute Gasteiger partial charge is 0.172 e. The fourth-order valence-corrected chi connectivity index (χ4v) is 3.09.